The number of hydrogen-bond acceptors (Lipinski definition) is 4. The number of nitrogens with zero attached hydrogens (tertiary/aromatic N) is 1. The van der Waals surface area contributed by atoms with Crippen molar-refractivity contribution in [1.82, 2.24) is 4.90 Å². The summed E-state index contributed by atoms with van der Waals surface area (Å²) in [7, 11) is 1.81. The molecule has 27 heavy (non-hydrogen) atoms. The van der Waals surface area contributed by atoms with Gasteiger partial charge in [0.25, 0.3) is 0 Å². The molecule has 0 amide bonds. The Bertz CT molecular complexity index is 823. The molecule has 2 aromatic carbocycles. The van der Waals surface area contributed by atoms with Crippen LogP contribution >= 0.6 is 0 Å². The quantitative estimate of drug-likeness (QED) is 0.845. The van der Waals surface area contributed by atoms with Crippen molar-refractivity contribution in [2.24, 2.45) is 0 Å². The van der Waals surface area contributed by atoms with Gasteiger partial charge in [-0.25, -0.2) is 4.79 Å². The molecule has 4 rings (SSSR count). The van der Waals surface area contributed by atoms with Gasteiger partial charge >= 0.3 is 5.97 Å². The van der Waals surface area contributed by atoms with Gasteiger partial charge in [0.15, 0.2) is 0 Å². The van der Waals surface area contributed by atoms with Crippen LogP contribution in [0.4, 0.5) is 0 Å². The topological polar surface area (TPSA) is 59.0 Å². The van der Waals surface area contributed by atoms with Gasteiger partial charge in [0.1, 0.15) is 6.61 Å². The minimum Gasteiger partial charge on any atom is -0.480 e. The highest BCUT2D eigenvalue weighted by Gasteiger charge is 2.51. The summed E-state index contributed by atoms with van der Waals surface area (Å²) in [5, 5.41) is 11.4. The largest absolute Gasteiger partial charge is 0.480 e. The summed E-state index contributed by atoms with van der Waals surface area (Å²) in [6.45, 7) is 1.66. The number of methoxy groups -OCH3 is 1. The van der Waals surface area contributed by atoms with Gasteiger partial charge in [0.2, 0.25) is 0 Å². The third-order valence-corrected chi connectivity index (χ3v) is 6.29. The molecule has 144 valence electrons. The van der Waals surface area contributed by atoms with Crippen LogP contribution < -0.4 is 0 Å². The summed E-state index contributed by atoms with van der Waals surface area (Å²) in [6.07, 6.45) is 3.63. The van der Waals surface area contributed by atoms with E-state index in [0.717, 1.165) is 38.8 Å². The molecule has 1 saturated carbocycles. The number of carboxylic acid groups (broad SMARTS) is 1. The molecule has 1 saturated heterocycles. The van der Waals surface area contributed by atoms with E-state index in [1.165, 1.54) is 16.3 Å². The molecule has 0 unspecified atom stereocenters. The first-order valence-corrected chi connectivity index (χ1v) is 9.70. The van der Waals surface area contributed by atoms with Crippen LogP contribution in [-0.4, -0.2) is 54.0 Å². The van der Waals surface area contributed by atoms with E-state index in [2.05, 4.69) is 47.4 Å². The minimum atomic E-state index is -0.905. The first kappa shape index (κ1) is 18.4. The highest BCUT2D eigenvalue weighted by Crippen LogP contribution is 2.43. The Labute approximate surface area is 159 Å². The monoisotopic (exact) mass is 369 g/mol. The first-order valence-electron chi connectivity index (χ1n) is 9.70. The van der Waals surface area contributed by atoms with Crippen molar-refractivity contribution < 1.29 is 19.4 Å². The number of fused-ring (bicyclic) bond motifs is 2. The van der Waals surface area contributed by atoms with Gasteiger partial charge in [-0.3, -0.25) is 4.90 Å². The fourth-order valence-electron chi connectivity index (χ4n) is 4.86. The maximum atomic E-state index is 10.8. The fourth-order valence-corrected chi connectivity index (χ4v) is 4.86. The van der Waals surface area contributed by atoms with Crippen molar-refractivity contribution >= 4 is 16.7 Å². The summed E-state index contributed by atoms with van der Waals surface area (Å²) in [4.78, 5) is 13.3. The Morgan fingerprint density at radius 1 is 1.22 bits per heavy atom. The molecule has 5 nitrogen and oxygen atoms in total. The average Bonchev–Trinajstić information content (AvgIpc) is 3.04. The van der Waals surface area contributed by atoms with Crippen molar-refractivity contribution in [2.45, 2.75) is 50.0 Å². The number of hydrogen-bond donors (Lipinski definition) is 1. The van der Waals surface area contributed by atoms with E-state index in [0.29, 0.717) is 0 Å². The zero-order chi connectivity index (χ0) is 18.9. The van der Waals surface area contributed by atoms with Crippen LogP contribution in [0.3, 0.4) is 0 Å². The van der Waals surface area contributed by atoms with Crippen molar-refractivity contribution in [3.63, 3.8) is 0 Å². The van der Waals surface area contributed by atoms with Gasteiger partial charge < -0.3 is 14.6 Å². The number of carbonyl (C=O) groups is 1. The SMILES string of the molecule is CO[C@@]12CC[C@@H](OCC(=O)O)C[C@@H]1N(Cc1ccc3ccccc3c1)CC2. The lowest BCUT2D eigenvalue weighted by atomic mass is 9.79. The van der Waals surface area contributed by atoms with Crippen LogP contribution in [0.1, 0.15) is 31.2 Å². The maximum Gasteiger partial charge on any atom is 0.329 e. The third-order valence-electron chi connectivity index (χ3n) is 6.29. The second-order valence-electron chi connectivity index (χ2n) is 7.79. The molecule has 0 radical (unpaired) electrons. The maximum absolute atomic E-state index is 10.8. The zero-order valence-corrected chi connectivity index (χ0v) is 15.8. The number of carboxylic acids is 1. The van der Waals surface area contributed by atoms with Crippen LogP contribution in [0.25, 0.3) is 10.8 Å². The number of rotatable bonds is 6. The number of ether oxygens (including phenoxy) is 2. The second-order valence-corrected chi connectivity index (χ2v) is 7.79. The first-order chi connectivity index (χ1) is 13.1. The van der Waals surface area contributed by atoms with E-state index in [4.69, 9.17) is 14.6 Å². The molecule has 0 bridgehead atoms. The Kier molecular flexibility index (Phi) is 5.17. The molecule has 0 aromatic heterocycles. The molecular weight excluding hydrogens is 342 g/mol. The van der Waals surface area contributed by atoms with Crippen molar-refractivity contribution in [3.8, 4) is 0 Å². The van der Waals surface area contributed by atoms with E-state index < -0.39 is 5.97 Å². The lowest BCUT2D eigenvalue weighted by Crippen LogP contribution is -2.51. The van der Waals surface area contributed by atoms with Crippen LogP contribution in [0.5, 0.6) is 0 Å². The summed E-state index contributed by atoms with van der Waals surface area (Å²) in [5.41, 5.74) is 1.18. The molecule has 1 heterocycles. The molecule has 1 N–H and O–H groups in total. The Morgan fingerprint density at radius 2 is 2.04 bits per heavy atom. The van der Waals surface area contributed by atoms with E-state index in [9.17, 15) is 4.79 Å². The Morgan fingerprint density at radius 3 is 2.81 bits per heavy atom. The second kappa shape index (κ2) is 7.58. The van der Waals surface area contributed by atoms with E-state index in [1.807, 2.05) is 7.11 Å². The number of likely N-dealkylation sites (tertiary alicyclic amines) is 1. The van der Waals surface area contributed by atoms with Crippen LogP contribution in [0.2, 0.25) is 0 Å². The predicted molar refractivity (Wildman–Crippen MR) is 104 cm³/mol. The Hall–Kier alpha value is -1.95. The van der Waals surface area contributed by atoms with Crippen LogP contribution in [0, 0.1) is 0 Å². The molecule has 2 aliphatic rings. The number of benzene rings is 2. The average molecular weight is 369 g/mol. The predicted octanol–water partition coefficient (Wildman–Crippen LogP) is 3.45. The molecule has 2 fully saturated rings. The van der Waals surface area contributed by atoms with Gasteiger partial charge in [-0.15, -0.1) is 0 Å². The Balaban J connectivity index is 1.50. The standard InChI is InChI=1S/C22H27NO4/c1-26-22-9-8-19(27-15-21(24)25)13-20(22)23(11-10-22)14-16-6-7-17-4-2-3-5-18(17)12-16/h2-7,12,19-20H,8-11,13-15H2,1H3,(H,24,25)/t19-,20+,22-/m1/s1. The molecule has 2 aromatic rings. The van der Waals surface area contributed by atoms with E-state index in [1.54, 1.807) is 0 Å². The highest BCUT2D eigenvalue weighted by molar-refractivity contribution is 5.82. The van der Waals surface area contributed by atoms with Crippen LogP contribution in [-0.2, 0) is 20.8 Å². The normalized spacial score (nSPS) is 28.3. The van der Waals surface area contributed by atoms with Gasteiger partial charge in [-0.1, -0.05) is 36.4 Å². The van der Waals surface area contributed by atoms with Crippen molar-refractivity contribution in [1.29, 1.82) is 0 Å². The lowest BCUT2D eigenvalue weighted by Gasteiger charge is -2.43. The van der Waals surface area contributed by atoms with Gasteiger partial charge in [0, 0.05) is 26.2 Å². The number of aliphatic carboxylic acids is 1. The van der Waals surface area contributed by atoms with E-state index >= 15 is 0 Å². The van der Waals surface area contributed by atoms with E-state index in [-0.39, 0.29) is 24.4 Å². The van der Waals surface area contributed by atoms with Gasteiger partial charge in [0.05, 0.1) is 11.7 Å². The summed E-state index contributed by atoms with van der Waals surface area (Å²) >= 11 is 0. The molecule has 1 aliphatic heterocycles. The summed E-state index contributed by atoms with van der Waals surface area (Å²) in [6, 6.07) is 15.3. The highest BCUT2D eigenvalue weighted by atomic mass is 16.5. The molecule has 0 spiro atoms. The smallest absolute Gasteiger partial charge is 0.329 e. The molecular formula is C22H27NO4. The third kappa shape index (κ3) is 3.72. The molecule has 5 heteroatoms. The minimum absolute atomic E-state index is 0.00780. The summed E-state index contributed by atoms with van der Waals surface area (Å²) < 4.78 is 11.6. The van der Waals surface area contributed by atoms with Crippen LogP contribution in [0.15, 0.2) is 42.5 Å². The fraction of sp³-hybridized carbons (Fsp3) is 0.500. The van der Waals surface area contributed by atoms with Gasteiger partial charge in [-0.05, 0) is 48.1 Å². The molecule has 1 aliphatic carbocycles. The molecule has 3 atom stereocenters. The van der Waals surface area contributed by atoms with Gasteiger partial charge in [-0.2, -0.15) is 0 Å². The van der Waals surface area contributed by atoms with Crippen molar-refractivity contribution in [3.05, 3.63) is 48.0 Å². The lowest BCUT2D eigenvalue weighted by molar-refractivity contribution is -0.148. The summed E-state index contributed by atoms with van der Waals surface area (Å²) in [5.74, 6) is -0.905. The van der Waals surface area contributed by atoms with Crippen molar-refractivity contribution in [2.75, 3.05) is 20.3 Å². The zero-order valence-electron chi connectivity index (χ0n) is 15.8.